The van der Waals surface area contributed by atoms with Gasteiger partial charge in [0.25, 0.3) is 5.91 Å². The third-order valence-electron chi connectivity index (χ3n) is 3.64. The topological polar surface area (TPSA) is 99.8 Å². The highest BCUT2D eigenvalue weighted by Crippen LogP contribution is 2.25. The van der Waals surface area contributed by atoms with Crippen molar-refractivity contribution in [2.24, 2.45) is 0 Å². The van der Waals surface area contributed by atoms with Crippen molar-refractivity contribution in [3.8, 4) is 0 Å². The van der Waals surface area contributed by atoms with Crippen LogP contribution in [0.4, 0.5) is 4.79 Å². The molecule has 3 amide bonds. The minimum Gasteiger partial charge on any atom is -0.475 e. The van der Waals surface area contributed by atoms with Gasteiger partial charge < -0.3 is 14.8 Å². The van der Waals surface area contributed by atoms with Crippen molar-refractivity contribution in [1.82, 2.24) is 10.2 Å². The van der Waals surface area contributed by atoms with Gasteiger partial charge in [-0.15, -0.1) is 0 Å². The molecule has 1 aromatic rings. The maximum Gasteiger partial charge on any atom is 0.372 e. The molecule has 1 fully saturated rings. The number of imide groups is 1. The lowest BCUT2D eigenvalue weighted by Gasteiger charge is -2.21. The lowest BCUT2D eigenvalue weighted by Crippen LogP contribution is -2.43. The van der Waals surface area contributed by atoms with Crippen molar-refractivity contribution in [1.29, 1.82) is 0 Å². The van der Waals surface area contributed by atoms with Crippen LogP contribution in [-0.2, 0) is 11.3 Å². The number of carbonyl (C=O) groups excluding carboxylic acids is 2. The summed E-state index contributed by atoms with van der Waals surface area (Å²) in [5.74, 6) is -1.81. The number of amides is 3. The van der Waals surface area contributed by atoms with E-state index in [0.29, 0.717) is 12.0 Å². The van der Waals surface area contributed by atoms with E-state index >= 15 is 0 Å². The Labute approximate surface area is 121 Å². The van der Waals surface area contributed by atoms with Gasteiger partial charge >= 0.3 is 12.0 Å². The molecule has 0 aromatic carbocycles. The number of nitrogens with zero attached hydrogens (tertiary/aromatic N) is 1. The fourth-order valence-corrected chi connectivity index (χ4v) is 2.41. The molecular weight excluding hydrogens is 276 g/mol. The van der Waals surface area contributed by atoms with Crippen LogP contribution >= 0.6 is 0 Å². The molecule has 1 aliphatic rings. The van der Waals surface area contributed by atoms with Gasteiger partial charge in [0.1, 0.15) is 5.54 Å². The van der Waals surface area contributed by atoms with Crippen LogP contribution in [-0.4, -0.2) is 33.5 Å². The molecule has 0 aliphatic carbocycles. The molecule has 0 bridgehead atoms. The molecule has 0 saturated carbocycles. The smallest absolute Gasteiger partial charge is 0.372 e. The van der Waals surface area contributed by atoms with Crippen LogP contribution in [0.15, 0.2) is 16.7 Å². The summed E-state index contributed by atoms with van der Waals surface area (Å²) >= 11 is 0. The Balaban J connectivity index is 2.17. The molecule has 0 spiro atoms. The number of nitrogens with one attached hydrogen (secondary N) is 1. The van der Waals surface area contributed by atoms with E-state index in [4.69, 9.17) is 9.52 Å². The number of unbranched alkanes of at least 4 members (excludes halogenated alkanes) is 1. The summed E-state index contributed by atoms with van der Waals surface area (Å²) in [6.07, 6.45) is 3.53. The zero-order valence-corrected chi connectivity index (χ0v) is 12.0. The van der Waals surface area contributed by atoms with Crippen molar-refractivity contribution in [3.63, 3.8) is 0 Å². The number of urea groups is 1. The van der Waals surface area contributed by atoms with Gasteiger partial charge in [-0.05, 0) is 19.4 Å². The third-order valence-corrected chi connectivity index (χ3v) is 3.64. The second kappa shape index (κ2) is 5.59. The molecule has 2 rings (SSSR count). The number of hydrogen-bond donors (Lipinski definition) is 2. The number of hydrogen-bond acceptors (Lipinski definition) is 4. The number of carboxylic acids is 1. The molecular formula is C14H18N2O5. The van der Waals surface area contributed by atoms with Gasteiger partial charge in [-0.25, -0.2) is 9.59 Å². The first-order chi connectivity index (χ1) is 9.89. The van der Waals surface area contributed by atoms with Crippen LogP contribution in [0.1, 0.15) is 49.2 Å². The van der Waals surface area contributed by atoms with Crippen molar-refractivity contribution in [2.75, 3.05) is 0 Å². The van der Waals surface area contributed by atoms with Crippen molar-refractivity contribution < 1.29 is 23.9 Å². The Kier molecular flexibility index (Phi) is 4.02. The number of furan rings is 1. The van der Waals surface area contributed by atoms with Crippen LogP contribution < -0.4 is 5.32 Å². The monoisotopic (exact) mass is 294 g/mol. The fourth-order valence-electron chi connectivity index (χ4n) is 2.41. The third kappa shape index (κ3) is 2.76. The molecule has 7 heteroatoms. The normalized spacial score (nSPS) is 21.7. The average Bonchev–Trinajstić information content (AvgIpc) is 2.96. The van der Waals surface area contributed by atoms with Crippen LogP contribution in [0.2, 0.25) is 0 Å². The molecule has 1 unspecified atom stereocenters. The predicted molar refractivity (Wildman–Crippen MR) is 72.7 cm³/mol. The minimum absolute atomic E-state index is 0.107. The van der Waals surface area contributed by atoms with Crippen LogP contribution in [0.25, 0.3) is 0 Å². The van der Waals surface area contributed by atoms with Gasteiger partial charge in [-0.3, -0.25) is 9.69 Å². The zero-order chi connectivity index (χ0) is 15.6. The van der Waals surface area contributed by atoms with Crippen LogP contribution in [0.5, 0.6) is 0 Å². The highest BCUT2D eigenvalue weighted by atomic mass is 16.4. The van der Waals surface area contributed by atoms with E-state index in [1.165, 1.54) is 12.3 Å². The lowest BCUT2D eigenvalue weighted by atomic mass is 9.95. The second-order valence-corrected chi connectivity index (χ2v) is 5.34. The van der Waals surface area contributed by atoms with Crippen LogP contribution in [0.3, 0.4) is 0 Å². The predicted octanol–water partition coefficient (Wildman–Crippen LogP) is 1.98. The molecule has 1 aliphatic heterocycles. The molecule has 1 saturated heterocycles. The first-order valence-corrected chi connectivity index (χ1v) is 6.83. The first kappa shape index (κ1) is 15.1. The average molecular weight is 294 g/mol. The summed E-state index contributed by atoms with van der Waals surface area (Å²) in [6, 6.07) is 0.947. The summed E-state index contributed by atoms with van der Waals surface area (Å²) < 4.78 is 4.85. The van der Waals surface area contributed by atoms with Gasteiger partial charge in [0.15, 0.2) is 0 Å². The maximum absolute atomic E-state index is 12.4. The highest BCUT2D eigenvalue weighted by Gasteiger charge is 2.47. The van der Waals surface area contributed by atoms with Gasteiger partial charge in [0.2, 0.25) is 5.76 Å². The first-order valence-electron chi connectivity index (χ1n) is 6.83. The molecule has 2 heterocycles. The van der Waals surface area contributed by atoms with Crippen molar-refractivity contribution >= 4 is 17.9 Å². The van der Waals surface area contributed by atoms with E-state index in [0.717, 1.165) is 17.7 Å². The summed E-state index contributed by atoms with van der Waals surface area (Å²) in [6.45, 7) is 3.59. The van der Waals surface area contributed by atoms with Gasteiger partial charge in [-0.1, -0.05) is 19.8 Å². The van der Waals surface area contributed by atoms with Crippen LogP contribution in [0, 0.1) is 0 Å². The largest absolute Gasteiger partial charge is 0.475 e. The summed E-state index contributed by atoms with van der Waals surface area (Å²) in [4.78, 5) is 36.4. The zero-order valence-electron chi connectivity index (χ0n) is 12.0. The van der Waals surface area contributed by atoms with Gasteiger partial charge in [0.05, 0.1) is 12.8 Å². The Morgan fingerprint density at radius 1 is 1.48 bits per heavy atom. The Morgan fingerprint density at radius 2 is 2.19 bits per heavy atom. The molecule has 1 atom stereocenters. The van der Waals surface area contributed by atoms with Crippen molar-refractivity contribution in [2.45, 2.75) is 45.2 Å². The highest BCUT2D eigenvalue weighted by molar-refractivity contribution is 6.06. The minimum atomic E-state index is -1.23. The molecule has 2 N–H and O–H groups in total. The van der Waals surface area contributed by atoms with E-state index in [9.17, 15) is 14.4 Å². The SMILES string of the molecule is CCCCC1(C)NC(=O)N(Cc2ccoc2C(=O)O)C1=O. The fraction of sp³-hybridized carbons (Fsp3) is 0.500. The van der Waals surface area contributed by atoms with E-state index in [1.54, 1.807) is 6.92 Å². The van der Waals surface area contributed by atoms with E-state index < -0.39 is 17.5 Å². The Morgan fingerprint density at radius 3 is 2.81 bits per heavy atom. The molecule has 1 aromatic heterocycles. The lowest BCUT2D eigenvalue weighted by molar-refractivity contribution is -0.131. The quantitative estimate of drug-likeness (QED) is 0.781. The second-order valence-electron chi connectivity index (χ2n) is 5.34. The number of carbonyl (C=O) groups is 3. The van der Waals surface area contributed by atoms with E-state index in [-0.39, 0.29) is 18.2 Å². The molecule has 21 heavy (non-hydrogen) atoms. The molecule has 0 radical (unpaired) electrons. The maximum atomic E-state index is 12.4. The summed E-state index contributed by atoms with van der Waals surface area (Å²) in [7, 11) is 0. The number of rotatable bonds is 6. The Bertz CT molecular complexity index is 580. The van der Waals surface area contributed by atoms with E-state index in [1.807, 2.05) is 6.92 Å². The molecule has 114 valence electrons. The Hall–Kier alpha value is -2.31. The van der Waals surface area contributed by atoms with E-state index in [2.05, 4.69) is 5.32 Å². The summed E-state index contributed by atoms with van der Waals surface area (Å²) in [5, 5.41) is 11.7. The number of carboxylic acid groups (broad SMARTS) is 1. The van der Waals surface area contributed by atoms with Gasteiger partial charge in [-0.2, -0.15) is 0 Å². The van der Waals surface area contributed by atoms with Gasteiger partial charge in [0, 0.05) is 5.56 Å². The van der Waals surface area contributed by atoms with Crippen molar-refractivity contribution in [3.05, 3.63) is 23.7 Å². The standard InChI is InChI=1S/C14H18N2O5/c1-3-4-6-14(2)12(19)16(13(20)15-14)8-9-5-7-21-10(9)11(17)18/h5,7H,3-4,6,8H2,1-2H3,(H,15,20)(H,17,18). The number of aromatic carboxylic acids is 1. The molecule has 7 nitrogen and oxygen atoms in total. The summed E-state index contributed by atoms with van der Waals surface area (Å²) in [5.41, 5.74) is -0.619.